The van der Waals surface area contributed by atoms with Crippen LogP contribution >= 0.6 is 0 Å². The molecule has 96 valence electrons. The van der Waals surface area contributed by atoms with E-state index in [-0.39, 0.29) is 0 Å². The van der Waals surface area contributed by atoms with Gasteiger partial charge in [-0.1, -0.05) is 26.7 Å². The van der Waals surface area contributed by atoms with E-state index in [2.05, 4.69) is 37.4 Å². The van der Waals surface area contributed by atoms with E-state index in [1.807, 2.05) is 10.9 Å². The fourth-order valence-electron chi connectivity index (χ4n) is 2.96. The molecule has 0 saturated heterocycles. The smallest absolute Gasteiger partial charge is 0.0728 e. The van der Waals surface area contributed by atoms with Gasteiger partial charge in [0.05, 0.1) is 11.9 Å². The SMILES string of the molecule is CCn1cc(NC2CCCCC2C(C)C)cn1. The maximum Gasteiger partial charge on any atom is 0.0728 e. The lowest BCUT2D eigenvalue weighted by atomic mass is 9.78. The fraction of sp³-hybridized carbons (Fsp3) is 0.786. The molecule has 0 radical (unpaired) electrons. The van der Waals surface area contributed by atoms with Crippen LogP contribution in [0, 0.1) is 11.8 Å². The first-order valence-corrected chi connectivity index (χ1v) is 6.99. The lowest BCUT2D eigenvalue weighted by Gasteiger charge is -2.35. The van der Waals surface area contributed by atoms with E-state index in [9.17, 15) is 0 Å². The van der Waals surface area contributed by atoms with Crippen molar-refractivity contribution in [3.63, 3.8) is 0 Å². The molecule has 1 aliphatic rings. The molecule has 3 nitrogen and oxygen atoms in total. The Morgan fingerprint density at radius 2 is 2.18 bits per heavy atom. The largest absolute Gasteiger partial charge is 0.379 e. The van der Waals surface area contributed by atoms with Crippen molar-refractivity contribution >= 4 is 5.69 Å². The average Bonchev–Trinajstić information content (AvgIpc) is 2.77. The van der Waals surface area contributed by atoms with Crippen LogP contribution in [0.1, 0.15) is 46.5 Å². The van der Waals surface area contributed by atoms with Crippen LogP contribution in [0.4, 0.5) is 5.69 Å². The molecule has 1 aromatic rings. The molecule has 1 aliphatic carbocycles. The van der Waals surface area contributed by atoms with E-state index in [0.29, 0.717) is 6.04 Å². The third-order valence-electron chi connectivity index (χ3n) is 3.99. The highest BCUT2D eigenvalue weighted by Crippen LogP contribution is 2.32. The van der Waals surface area contributed by atoms with E-state index >= 15 is 0 Å². The summed E-state index contributed by atoms with van der Waals surface area (Å²) in [5.74, 6) is 1.59. The Morgan fingerprint density at radius 3 is 2.82 bits per heavy atom. The van der Waals surface area contributed by atoms with Gasteiger partial charge in [0.15, 0.2) is 0 Å². The van der Waals surface area contributed by atoms with Crippen LogP contribution in [-0.4, -0.2) is 15.8 Å². The Bertz CT molecular complexity index is 343. The van der Waals surface area contributed by atoms with Crippen LogP contribution in [0.25, 0.3) is 0 Å². The van der Waals surface area contributed by atoms with Crippen molar-refractivity contribution in [2.75, 3.05) is 5.32 Å². The maximum atomic E-state index is 4.32. The van der Waals surface area contributed by atoms with Gasteiger partial charge in [0.2, 0.25) is 0 Å². The molecule has 1 aromatic heterocycles. The van der Waals surface area contributed by atoms with Crippen LogP contribution in [0.3, 0.4) is 0 Å². The molecule has 0 aromatic carbocycles. The molecule has 2 atom stereocenters. The van der Waals surface area contributed by atoms with E-state index in [1.54, 1.807) is 0 Å². The zero-order chi connectivity index (χ0) is 12.3. The standard InChI is InChI=1S/C14H25N3/c1-4-17-10-12(9-15-17)16-14-8-6-5-7-13(14)11(2)3/h9-11,13-14,16H,4-8H2,1-3H3. The molecule has 1 saturated carbocycles. The van der Waals surface area contributed by atoms with Gasteiger partial charge >= 0.3 is 0 Å². The summed E-state index contributed by atoms with van der Waals surface area (Å²) >= 11 is 0. The second-order valence-corrected chi connectivity index (χ2v) is 5.53. The van der Waals surface area contributed by atoms with Crippen molar-refractivity contribution in [2.45, 2.75) is 59.0 Å². The minimum Gasteiger partial charge on any atom is -0.379 e. The summed E-state index contributed by atoms with van der Waals surface area (Å²) in [5.41, 5.74) is 1.18. The zero-order valence-corrected chi connectivity index (χ0v) is 11.3. The van der Waals surface area contributed by atoms with Gasteiger partial charge in [0.1, 0.15) is 0 Å². The van der Waals surface area contributed by atoms with Gasteiger partial charge in [-0.3, -0.25) is 4.68 Å². The number of aryl methyl sites for hydroxylation is 1. The fourth-order valence-corrected chi connectivity index (χ4v) is 2.96. The number of nitrogens with zero attached hydrogens (tertiary/aromatic N) is 2. The molecule has 1 fully saturated rings. The number of hydrogen-bond donors (Lipinski definition) is 1. The summed E-state index contributed by atoms with van der Waals surface area (Å²) in [7, 11) is 0. The topological polar surface area (TPSA) is 29.9 Å². The summed E-state index contributed by atoms with van der Waals surface area (Å²) in [6.45, 7) is 7.76. The average molecular weight is 235 g/mol. The molecule has 0 spiro atoms. The molecule has 2 unspecified atom stereocenters. The van der Waals surface area contributed by atoms with Gasteiger partial charge < -0.3 is 5.32 Å². The van der Waals surface area contributed by atoms with Crippen molar-refractivity contribution in [1.82, 2.24) is 9.78 Å². The number of rotatable bonds is 4. The first-order valence-electron chi connectivity index (χ1n) is 6.99. The molecule has 3 heteroatoms. The summed E-state index contributed by atoms with van der Waals surface area (Å²) in [4.78, 5) is 0. The second-order valence-electron chi connectivity index (χ2n) is 5.53. The third-order valence-corrected chi connectivity index (χ3v) is 3.99. The monoisotopic (exact) mass is 235 g/mol. The van der Waals surface area contributed by atoms with Crippen molar-refractivity contribution in [2.24, 2.45) is 11.8 Å². The van der Waals surface area contributed by atoms with Gasteiger partial charge in [-0.15, -0.1) is 0 Å². The van der Waals surface area contributed by atoms with Crippen LogP contribution in [0.2, 0.25) is 0 Å². The maximum absolute atomic E-state index is 4.32. The first kappa shape index (κ1) is 12.5. The minimum absolute atomic E-state index is 0.637. The van der Waals surface area contributed by atoms with Gasteiger partial charge in [0.25, 0.3) is 0 Å². The van der Waals surface area contributed by atoms with Crippen molar-refractivity contribution < 1.29 is 0 Å². The molecule has 1 heterocycles. The van der Waals surface area contributed by atoms with E-state index in [0.717, 1.165) is 18.4 Å². The molecule has 2 rings (SSSR count). The van der Waals surface area contributed by atoms with Gasteiger partial charge in [-0.25, -0.2) is 0 Å². The highest BCUT2D eigenvalue weighted by atomic mass is 15.3. The summed E-state index contributed by atoms with van der Waals surface area (Å²) in [5, 5.41) is 8.01. The Labute approximate surface area is 105 Å². The Morgan fingerprint density at radius 1 is 1.41 bits per heavy atom. The van der Waals surface area contributed by atoms with Gasteiger partial charge in [-0.05, 0) is 31.6 Å². The highest BCUT2D eigenvalue weighted by Gasteiger charge is 2.27. The number of aromatic nitrogens is 2. The molecular weight excluding hydrogens is 210 g/mol. The predicted molar refractivity (Wildman–Crippen MR) is 72.1 cm³/mol. The van der Waals surface area contributed by atoms with Crippen LogP contribution < -0.4 is 5.32 Å². The number of hydrogen-bond acceptors (Lipinski definition) is 2. The minimum atomic E-state index is 0.637. The molecule has 0 amide bonds. The van der Waals surface area contributed by atoms with E-state index in [4.69, 9.17) is 0 Å². The first-order chi connectivity index (χ1) is 8.20. The van der Waals surface area contributed by atoms with Crippen LogP contribution in [0.15, 0.2) is 12.4 Å². The molecule has 0 bridgehead atoms. The third kappa shape index (κ3) is 3.02. The Hall–Kier alpha value is -0.990. The highest BCUT2D eigenvalue weighted by molar-refractivity contribution is 5.39. The Balaban J connectivity index is 2.00. The normalized spacial score (nSPS) is 25.2. The lowest BCUT2D eigenvalue weighted by Crippen LogP contribution is -2.35. The number of anilines is 1. The molecule has 17 heavy (non-hydrogen) atoms. The van der Waals surface area contributed by atoms with Crippen molar-refractivity contribution in [1.29, 1.82) is 0 Å². The van der Waals surface area contributed by atoms with Gasteiger partial charge in [0, 0.05) is 18.8 Å². The van der Waals surface area contributed by atoms with Crippen molar-refractivity contribution in [3.05, 3.63) is 12.4 Å². The summed E-state index contributed by atoms with van der Waals surface area (Å²) < 4.78 is 1.98. The van der Waals surface area contributed by atoms with Crippen molar-refractivity contribution in [3.8, 4) is 0 Å². The zero-order valence-electron chi connectivity index (χ0n) is 11.3. The lowest BCUT2D eigenvalue weighted by molar-refractivity contribution is 0.254. The van der Waals surface area contributed by atoms with E-state index in [1.165, 1.54) is 31.4 Å². The van der Waals surface area contributed by atoms with Crippen LogP contribution in [-0.2, 0) is 6.54 Å². The van der Waals surface area contributed by atoms with Crippen LogP contribution in [0.5, 0.6) is 0 Å². The number of nitrogens with one attached hydrogen (secondary N) is 1. The predicted octanol–water partition coefficient (Wildman–Crippen LogP) is 3.53. The quantitative estimate of drug-likeness (QED) is 0.865. The van der Waals surface area contributed by atoms with E-state index < -0.39 is 0 Å². The molecular formula is C14H25N3. The van der Waals surface area contributed by atoms with Gasteiger partial charge in [-0.2, -0.15) is 5.10 Å². The molecule has 1 N–H and O–H groups in total. The second kappa shape index (κ2) is 5.56. The summed E-state index contributed by atoms with van der Waals surface area (Å²) in [6, 6.07) is 0.637. The summed E-state index contributed by atoms with van der Waals surface area (Å²) in [6.07, 6.45) is 9.51. The molecule has 0 aliphatic heterocycles. The Kier molecular flexibility index (Phi) is 4.08.